The van der Waals surface area contributed by atoms with Crippen LogP contribution >= 0.6 is 8.25 Å². The van der Waals surface area contributed by atoms with Crippen LogP contribution in [0.4, 0.5) is 0 Å². The fourth-order valence-corrected chi connectivity index (χ4v) is 1.49. The average molecular weight is 272 g/mol. The van der Waals surface area contributed by atoms with Crippen LogP contribution in [-0.2, 0) is 14.0 Å². The highest BCUT2D eigenvalue weighted by Crippen LogP contribution is 2.24. The van der Waals surface area contributed by atoms with Crippen molar-refractivity contribution in [1.82, 2.24) is 0 Å². The van der Waals surface area contributed by atoms with E-state index in [0.717, 1.165) is 26.4 Å². The lowest BCUT2D eigenvalue weighted by Crippen LogP contribution is -2.07. The molecule has 0 spiro atoms. The third-order valence-corrected chi connectivity index (χ3v) is 2.29. The number of benzene rings is 1. The van der Waals surface area contributed by atoms with Gasteiger partial charge in [-0.3, -0.25) is 4.52 Å². The largest absolute Gasteiger partial charge is 0.558 e. The maximum Gasteiger partial charge on any atom is 0.539 e. The zero-order chi connectivity index (χ0) is 13.7. The summed E-state index contributed by atoms with van der Waals surface area (Å²) in [6.07, 6.45) is 0. The Morgan fingerprint density at radius 2 is 1.50 bits per heavy atom. The summed E-state index contributed by atoms with van der Waals surface area (Å²) in [4.78, 5) is 33.1. The van der Waals surface area contributed by atoms with Gasteiger partial charge in [-0.2, -0.15) is 0 Å². The Kier molecular flexibility index (Phi) is 4.76. The van der Waals surface area contributed by atoms with Crippen LogP contribution in [0.25, 0.3) is 0 Å². The molecule has 1 aromatic carbocycles. The fraction of sp³-hybridized carbons (Fsp3) is 0.200. The van der Waals surface area contributed by atoms with Crippen LogP contribution in [0.3, 0.4) is 0 Å². The van der Waals surface area contributed by atoms with Gasteiger partial charge in [0.05, 0.1) is 25.3 Å². The van der Waals surface area contributed by atoms with Gasteiger partial charge in [0.2, 0.25) is 0 Å². The molecule has 8 heteroatoms. The van der Waals surface area contributed by atoms with Crippen LogP contribution in [0.15, 0.2) is 18.2 Å². The van der Waals surface area contributed by atoms with Gasteiger partial charge in [-0.1, -0.05) is 0 Å². The van der Waals surface area contributed by atoms with E-state index < -0.39 is 20.2 Å². The van der Waals surface area contributed by atoms with Crippen molar-refractivity contribution in [2.24, 2.45) is 0 Å². The normalized spacial score (nSPS) is 10.5. The number of carbonyl (C=O) groups is 2. The molecular weight excluding hydrogens is 263 g/mol. The van der Waals surface area contributed by atoms with Crippen molar-refractivity contribution in [3.63, 3.8) is 0 Å². The Balaban J connectivity index is 3.23. The molecule has 1 unspecified atom stereocenters. The van der Waals surface area contributed by atoms with Crippen LogP contribution in [0.5, 0.6) is 5.75 Å². The number of methoxy groups -OCH3 is 2. The third kappa shape index (κ3) is 3.51. The number of hydrogen-bond acceptors (Lipinski definition) is 7. The van der Waals surface area contributed by atoms with Crippen LogP contribution in [0.2, 0.25) is 0 Å². The van der Waals surface area contributed by atoms with Gasteiger partial charge in [0.1, 0.15) is 0 Å². The van der Waals surface area contributed by atoms with Crippen molar-refractivity contribution in [2.45, 2.75) is 0 Å². The Labute approximate surface area is 103 Å². The summed E-state index contributed by atoms with van der Waals surface area (Å²) in [5.74, 6) is -1.63. The van der Waals surface area contributed by atoms with Crippen LogP contribution < -0.4 is 9.42 Å². The van der Waals surface area contributed by atoms with Crippen LogP contribution in [0.1, 0.15) is 20.7 Å². The lowest BCUT2D eigenvalue weighted by Gasteiger charge is -2.04. The first-order valence-electron chi connectivity index (χ1n) is 4.62. The van der Waals surface area contributed by atoms with E-state index in [-0.39, 0.29) is 16.9 Å². The minimum atomic E-state index is -3.15. The predicted molar refractivity (Wildman–Crippen MR) is 57.4 cm³/mol. The van der Waals surface area contributed by atoms with E-state index in [9.17, 15) is 19.0 Å². The molecule has 1 rings (SSSR count). The third-order valence-electron chi connectivity index (χ3n) is 1.93. The summed E-state index contributed by atoms with van der Waals surface area (Å²) in [6, 6.07) is 3.50. The first-order valence-corrected chi connectivity index (χ1v) is 5.71. The highest BCUT2D eigenvalue weighted by atomic mass is 31.1. The van der Waals surface area contributed by atoms with Crippen molar-refractivity contribution in [3.8, 4) is 5.75 Å². The zero-order valence-corrected chi connectivity index (χ0v) is 10.4. The van der Waals surface area contributed by atoms with E-state index in [1.165, 1.54) is 6.07 Å². The monoisotopic (exact) mass is 272 g/mol. The quantitative estimate of drug-likeness (QED) is 0.585. The molecule has 0 aliphatic rings. The van der Waals surface area contributed by atoms with E-state index >= 15 is 0 Å². The van der Waals surface area contributed by atoms with Crippen molar-refractivity contribution in [3.05, 3.63) is 29.3 Å². The molecule has 1 atom stereocenters. The fourth-order valence-electron chi connectivity index (χ4n) is 1.21. The lowest BCUT2D eigenvalue weighted by atomic mass is 10.1. The Bertz CT molecular complexity index is 463. The number of ether oxygens (including phenoxy) is 2. The molecule has 0 radical (unpaired) electrons. The summed E-state index contributed by atoms with van der Waals surface area (Å²) in [6.45, 7) is 0. The summed E-state index contributed by atoms with van der Waals surface area (Å²) < 4.78 is 23.8. The molecule has 0 aliphatic carbocycles. The topological polar surface area (TPSA) is 102 Å². The highest BCUT2D eigenvalue weighted by Gasteiger charge is 2.17. The van der Waals surface area contributed by atoms with E-state index in [4.69, 9.17) is 0 Å². The molecule has 0 saturated heterocycles. The molecule has 0 fully saturated rings. The number of rotatable bonds is 4. The molecule has 0 N–H and O–H groups in total. The average Bonchev–Trinajstić information content (AvgIpc) is 2.35. The van der Waals surface area contributed by atoms with Crippen molar-refractivity contribution < 1.29 is 33.0 Å². The predicted octanol–water partition coefficient (Wildman–Crippen LogP) is 0.656. The lowest BCUT2D eigenvalue weighted by molar-refractivity contribution is -0.178. The molecule has 18 heavy (non-hydrogen) atoms. The molecule has 0 bridgehead atoms. The van der Waals surface area contributed by atoms with Gasteiger partial charge in [0, 0.05) is 12.1 Å². The first-order chi connectivity index (χ1) is 8.47. The van der Waals surface area contributed by atoms with Gasteiger partial charge in [-0.05, 0) is 10.6 Å². The zero-order valence-electron chi connectivity index (χ0n) is 9.54. The van der Waals surface area contributed by atoms with E-state index in [1.807, 2.05) is 0 Å². The molecule has 0 heterocycles. The van der Waals surface area contributed by atoms with Gasteiger partial charge >= 0.3 is 20.2 Å². The van der Waals surface area contributed by atoms with Gasteiger partial charge in [0.15, 0.2) is 5.75 Å². The van der Waals surface area contributed by atoms with Gasteiger partial charge in [0.25, 0.3) is 0 Å². The maximum atomic E-state index is 11.3. The Morgan fingerprint density at radius 1 is 1.06 bits per heavy atom. The van der Waals surface area contributed by atoms with Gasteiger partial charge in [-0.15, -0.1) is 0 Å². The van der Waals surface area contributed by atoms with Gasteiger partial charge in [-0.25, -0.2) is 9.59 Å². The van der Waals surface area contributed by atoms with Crippen molar-refractivity contribution in [1.29, 1.82) is 0 Å². The highest BCUT2D eigenvalue weighted by molar-refractivity contribution is 7.31. The molecule has 7 nitrogen and oxygen atoms in total. The molecule has 0 aliphatic heterocycles. The Hall–Kier alpha value is -1.98. The standard InChI is InChI=1S/C10H9O7P/c1-15-9(11)6-3-7(10(12)16-2)5-8(4-6)17-18(13)14/h3-5H,1-2H3. The van der Waals surface area contributed by atoms with E-state index in [1.54, 1.807) is 0 Å². The van der Waals surface area contributed by atoms with Gasteiger partial charge < -0.3 is 14.4 Å². The SMILES string of the molecule is COC(=O)c1cc(O[P+](=O)[O-])cc(C(=O)OC)c1. The first kappa shape index (κ1) is 14.1. The molecule has 96 valence electrons. The second-order valence-electron chi connectivity index (χ2n) is 3.04. The van der Waals surface area contributed by atoms with E-state index in [0.29, 0.717) is 0 Å². The minimum absolute atomic E-state index is 0.0211. The molecule has 0 aromatic heterocycles. The summed E-state index contributed by atoms with van der Waals surface area (Å²) >= 11 is 0. The number of carbonyl (C=O) groups excluding carboxylic acids is 2. The minimum Gasteiger partial charge on any atom is -0.558 e. The van der Waals surface area contributed by atoms with Crippen molar-refractivity contribution >= 4 is 20.2 Å². The molecule has 0 saturated carbocycles. The smallest absolute Gasteiger partial charge is 0.539 e. The molecule has 0 amide bonds. The van der Waals surface area contributed by atoms with Crippen molar-refractivity contribution in [2.75, 3.05) is 14.2 Å². The number of esters is 2. The maximum absolute atomic E-state index is 11.3. The summed E-state index contributed by atoms with van der Waals surface area (Å²) in [7, 11) is -0.844. The summed E-state index contributed by atoms with van der Waals surface area (Å²) in [5, 5.41) is 0. The van der Waals surface area contributed by atoms with Crippen LogP contribution in [-0.4, -0.2) is 26.2 Å². The second kappa shape index (κ2) is 6.09. The Morgan fingerprint density at radius 3 is 1.83 bits per heavy atom. The molecule has 1 aromatic rings. The van der Waals surface area contributed by atoms with Crippen LogP contribution in [0, 0.1) is 0 Å². The number of hydrogen-bond donors (Lipinski definition) is 0. The summed E-state index contributed by atoms with van der Waals surface area (Å²) in [5.41, 5.74) is -0.0421. The molecular formula is C10H9O7P. The van der Waals surface area contributed by atoms with E-state index in [2.05, 4.69) is 14.0 Å². The second-order valence-corrected chi connectivity index (χ2v) is 3.67.